The summed E-state index contributed by atoms with van der Waals surface area (Å²) < 4.78 is 27.1. The maximum absolute atomic E-state index is 12.5. The summed E-state index contributed by atoms with van der Waals surface area (Å²) >= 11 is 0.390. The fraction of sp³-hybridized carbons (Fsp3) is 0.375. The van der Waals surface area contributed by atoms with Crippen molar-refractivity contribution < 1.29 is 13.6 Å². The fourth-order valence-electron chi connectivity index (χ4n) is 2.45. The van der Waals surface area contributed by atoms with Crippen molar-refractivity contribution in [3.8, 4) is 0 Å². The molecule has 0 radical (unpaired) electrons. The van der Waals surface area contributed by atoms with Gasteiger partial charge in [0.1, 0.15) is 5.82 Å². The predicted molar refractivity (Wildman–Crippen MR) is 84.8 cm³/mol. The Bertz CT molecular complexity index is 685. The molecule has 0 saturated heterocycles. The van der Waals surface area contributed by atoms with Gasteiger partial charge < -0.3 is 9.88 Å². The van der Waals surface area contributed by atoms with Crippen molar-refractivity contribution in [2.75, 3.05) is 6.54 Å². The monoisotopic (exact) mass is 337 g/mol. The highest BCUT2D eigenvalue weighted by Gasteiger charge is 2.27. The van der Waals surface area contributed by atoms with E-state index in [1.165, 1.54) is 18.9 Å². The van der Waals surface area contributed by atoms with Crippen molar-refractivity contribution in [1.29, 1.82) is 0 Å². The van der Waals surface area contributed by atoms with Crippen LogP contribution < -0.4 is 5.32 Å². The zero-order chi connectivity index (χ0) is 16.2. The minimum atomic E-state index is -2.55. The molecule has 1 aromatic heterocycles. The van der Waals surface area contributed by atoms with Crippen molar-refractivity contribution in [1.82, 2.24) is 14.9 Å². The number of halogens is 2. The lowest BCUT2D eigenvalue weighted by Gasteiger charge is -2.11. The summed E-state index contributed by atoms with van der Waals surface area (Å²) in [6.07, 6.45) is 6.01. The van der Waals surface area contributed by atoms with Crippen LogP contribution in [0, 0.1) is 0 Å². The number of hydrogen-bond acceptors (Lipinski definition) is 3. The third-order valence-corrected chi connectivity index (χ3v) is 4.46. The summed E-state index contributed by atoms with van der Waals surface area (Å²) in [5.41, 5.74) is 0.283. The van der Waals surface area contributed by atoms with E-state index in [0.717, 1.165) is 5.82 Å². The van der Waals surface area contributed by atoms with Gasteiger partial charge in [-0.05, 0) is 25.0 Å². The molecule has 1 N–H and O–H groups in total. The van der Waals surface area contributed by atoms with Crippen LogP contribution in [0.4, 0.5) is 8.78 Å². The standard InChI is InChI=1S/C16H17F2N3OS/c17-16(18)23-13-4-2-1-3-12(13)15(22)20-8-10-21-9-7-19-14(21)11-5-6-11/h1-4,7,9,11,16H,5-6,8,10H2,(H,20,22). The highest BCUT2D eigenvalue weighted by Crippen LogP contribution is 2.38. The molecule has 0 spiro atoms. The molecule has 3 rings (SSSR count). The van der Waals surface area contributed by atoms with Crippen LogP contribution in [0.2, 0.25) is 0 Å². The van der Waals surface area contributed by atoms with Gasteiger partial charge in [0.25, 0.3) is 11.7 Å². The Labute approximate surface area is 137 Å². The highest BCUT2D eigenvalue weighted by atomic mass is 32.2. The van der Waals surface area contributed by atoms with E-state index >= 15 is 0 Å². The summed E-state index contributed by atoms with van der Waals surface area (Å²) in [7, 11) is 0. The van der Waals surface area contributed by atoms with Crippen molar-refractivity contribution >= 4 is 17.7 Å². The minimum Gasteiger partial charge on any atom is -0.350 e. The Hall–Kier alpha value is -1.89. The third-order valence-electron chi connectivity index (χ3n) is 3.68. The van der Waals surface area contributed by atoms with E-state index in [-0.39, 0.29) is 11.5 Å². The number of nitrogens with zero attached hydrogens (tertiary/aromatic N) is 2. The summed E-state index contributed by atoms with van der Waals surface area (Å²) in [6.45, 7) is 1.06. The van der Waals surface area contributed by atoms with Gasteiger partial charge in [0, 0.05) is 36.3 Å². The molecule has 0 aliphatic heterocycles. The lowest BCUT2D eigenvalue weighted by Crippen LogP contribution is -2.28. The second-order valence-corrected chi connectivity index (χ2v) is 6.42. The van der Waals surface area contributed by atoms with Crippen LogP contribution in [0.15, 0.2) is 41.6 Å². The van der Waals surface area contributed by atoms with Gasteiger partial charge in [0.05, 0.1) is 5.56 Å². The van der Waals surface area contributed by atoms with Crippen molar-refractivity contribution in [2.45, 2.75) is 36.0 Å². The second-order valence-electron chi connectivity index (χ2n) is 5.38. The number of alkyl halides is 2. The van der Waals surface area contributed by atoms with Crippen LogP contribution in [-0.4, -0.2) is 27.8 Å². The van der Waals surface area contributed by atoms with Crippen molar-refractivity contribution in [2.24, 2.45) is 0 Å². The van der Waals surface area contributed by atoms with E-state index in [0.29, 0.717) is 35.7 Å². The van der Waals surface area contributed by atoms with E-state index in [4.69, 9.17) is 0 Å². The number of rotatable bonds is 7. The van der Waals surface area contributed by atoms with Crippen molar-refractivity contribution in [3.63, 3.8) is 0 Å². The number of carbonyl (C=O) groups is 1. The fourth-order valence-corrected chi connectivity index (χ4v) is 3.09. The molecule has 1 amide bonds. The van der Waals surface area contributed by atoms with Gasteiger partial charge in [-0.25, -0.2) is 4.98 Å². The SMILES string of the molecule is O=C(NCCn1ccnc1C1CC1)c1ccccc1SC(F)F. The maximum atomic E-state index is 12.5. The van der Waals surface area contributed by atoms with Crippen LogP contribution in [0.25, 0.3) is 0 Å². The van der Waals surface area contributed by atoms with E-state index in [2.05, 4.69) is 10.3 Å². The number of benzene rings is 1. The molecule has 23 heavy (non-hydrogen) atoms. The first-order valence-electron chi connectivity index (χ1n) is 7.48. The average molecular weight is 337 g/mol. The van der Waals surface area contributed by atoms with E-state index in [1.54, 1.807) is 24.4 Å². The Kier molecular flexibility index (Phi) is 4.95. The van der Waals surface area contributed by atoms with Gasteiger partial charge in [0.2, 0.25) is 0 Å². The molecule has 1 fully saturated rings. The highest BCUT2D eigenvalue weighted by molar-refractivity contribution is 7.99. The molecule has 122 valence electrons. The Morgan fingerprint density at radius 3 is 2.91 bits per heavy atom. The molecule has 0 atom stereocenters. The Morgan fingerprint density at radius 1 is 1.39 bits per heavy atom. The van der Waals surface area contributed by atoms with Crippen LogP contribution in [0.5, 0.6) is 0 Å². The quantitative estimate of drug-likeness (QED) is 0.787. The smallest absolute Gasteiger partial charge is 0.288 e. The predicted octanol–water partition coefficient (Wildman–Crippen LogP) is 3.51. The Morgan fingerprint density at radius 2 is 2.17 bits per heavy atom. The van der Waals surface area contributed by atoms with E-state index < -0.39 is 5.76 Å². The summed E-state index contributed by atoms with van der Waals surface area (Å²) in [5, 5.41) is 2.79. The van der Waals surface area contributed by atoms with Gasteiger partial charge in [-0.2, -0.15) is 8.78 Å². The first-order valence-corrected chi connectivity index (χ1v) is 8.36. The van der Waals surface area contributed by atoms with Gasteiger partial charge in [-0.15, -0.1) is 0 Å². The second kappa shape index (κ2) is 7.12. The molecule has 1 aliphatic rings. The van der Waals surface area contributed by atoms with Crippen LogP contribution >= 0.6 is 11.8 Å². The molecule has 1 heterocycles. The summed E-state index contributed by atoms with van der Waals surface area (Å²) in [4.78, 5) is 16.8. The molecule has 4 nitrogen and oxygen atoms in total. The zero-order valence-electron chi connectivity index (χ0n) is 12.4. The molecular formula is C16H17F2N3OS. The van der Waals surface area contributed by atoms with E-state index in [9.17, 15) is 13.6 Å². The molecule has 0 unspecified atom stereocenters. The average Bonchev–Trinajstić information content (AvgIpc) is 3.26. The summed E-state index contributed by atoms with van der Waals surface area (Å²) in [5.74, 6) is -1.27. The third kappa shape index (κ3) is 4.10. The van der Waals surface area contributed by atoms with Gasteiger partial charge in [-0.3, -0.25) is 4.79 Å². The Balaban J connectivity index is 1.58. The number of amides is 1. The largest absolute Gasteiger partial charge is 0.350 e. The normalized spacial score (nSPS) is 14.2. The van der Waals surface area contributed by atoms with Crippen LogP contribution in [0.1, 0.15) is 34.9 Å². The molecule has 0 bridgehead atoms. The number of imidazole rings is 1. The molecule has 7 heteroatoms. The lowest BCUT2D eigenvalue weighted by molar-refractivity contribution is 0.0949. The minimum absolute atomic E-state index is 0.283. The van der Waals surface area contributed by atoms with Crippen LogP contribution in [0.3, 0.4) is 0 Å². The molecule has 1 aliphatic carbocycles. The molecule has 1 saturated carbocycles. The molecular weight excluding hydrogens is 320 g/mol. The van der Waals surface area contributed by atoms with Gasteiger partial charge >= 0.3 is 0 Å². The zero-order valence-corrected chi connectivity index (χ0v) is 13.2. The number of hydrogen-bond donors (Lipinski definition) is 1. The van der Waals surface area contributed by atoms with Gasteiger partial charge in [0.15, 0.2) is 0 Å². The maximum Gasteiger partial charge on any atom is 0.288 e. The number of thioether (sulfide) groups is 1. The number of aromatic nitrogens is 2. The molecule has 2 aromatic rings. The molecule has 1 aromatic carbocycles. The summed E-state index contributed by atoms with van der Waals surface area (Å²) in [6, 6.07) is 6.42. The topological polar surface area (TPSA) is 46.9 Å². The van der Waals surface area contributed by atoms with Crippen molar-refractivity contribution in [3.05, 3.63) is 48.0 Å². The first kappa shape index (κ1) is 16.0. The lowest BCUT2D eigenvalue weighted by atomic mass is 10.2. The number of nitrogens with one attached hydrogen (secondary N) is 1. The van der Waals surface area contributed by atoms with Crippen LogP contribution in [-0.2, 0) is 6.54 Å². The first-order chi connectivity index (χ1) is 11.1. The van der Waals surface area contributed by atoms with Gasteiger partial charge in [-0.1, -0.05) is 23.9 Å². The van der Waals surface area contributed by atoms with E-state index in [1.807, 2.05) is 10.8 Å². The number of carbonyl (C=O) groups excluding carboxylic acids is 1.